The van der Waals surface area contributed by atoms with Crippen molar-refractivity contribution in [2.24, 2.45) is 0 Å². The fourth-order valence-electron chi connectivity index (χ4n) is 2.40. The second-order valence-electron chi connectivity index (χ2n) is 5.76. The van der Waals surface area contributed by atoms with Crippen LogP contribution in [0.15, 0.2) is 54.6 Å². The molecule has 2 rings (SSSR count). The van der Waals surface area contributed by atoms with Gasteiger partial charge in [0.05, 0.1) is 6.61 Å². The molecule has 0 unspecified atom stereocenters. The first-order valence-corrected chi connectivity index (χ1v) is 8.42. The first-order chi connectivity index (χ1) is 12.1. The highest BCUT2D eigenvalue weighted by Crippen LogP contribution is 2.18. The summed E-state index contributed by atoms with van der Waals surface area (Å²) in [5.74, 6) is -0.377. The fourth-order valence-corrected chi connectivity index (χ4v) is 2.40. The van der Waals surface area contributed by atoms with Gasteiger partial charge in [-0.05, 0) is 37.0 Å². The van der Waals surface area contributed by atoms with E-state index in [0.29, 0.717) is 24.5 Å². The number of carbonyl (C=O) groups excluding carboxylic acids is 1. The topological polar surface area (TPSA) is 75.6 Å². The molecule has 0 bridgehead atoms. The Morgan fingerprint density at radius 1 is 0.960 bits per heavy atom. The Hall–Kier alpha value is -2.82. The Bertz CT molecular complexity index is 685. The van der Waals surface area contributed by atoms with Crippen molar-refractivity contribution in [1.82, 2.24) is 0 Å². The monoisotopic (exact) mass is 341 g/mol. The highest BCUT2D eigenvalue weighted by molar-refractivity contribution is 5.91. The molecule has 2 aromatic rings. The number of benzene rings is 2. The molecular weight excluding hydrogens is 318 g/mol. The molecule has 0 radical (unpaired) electrons. The number of aryl methyl sites for hydroxylation is 1. The molecule has 0 aliphatic carbocycles. The van der Waals surface area contributed by atoms with Crippen LogP contribution in [0.3, 0.4) is 0 Å². The molecule has 0 saturated heterocycles. The normalized spacial score (nSPS) is 10.2. The summed E-state index contributed by atoms with van der Waals surface area (Å²) in [6.45, 7) is 0.602. The standard InChI is InChI=1S/C20H23NO4/c22-19(12-5-13-20(23)24)21-17-10-4-11-18(15-17)25-14-6-9-16-7-2-1-3-8-16/h1-4,7-8,10-11,15H,5-6,9,12-14H2,(H,21,22)(H,23,24). The number of carboxylic acids is 1. The number of hydrogen-bond acceptors (Lipinski definition) is 3. The number of carbonyl (C=O) groups is 2. The van der Waals surface area contributed by atoms with E-state index < -0.39 is 5.97 Å². The van der Waals surface area contributed by atoms with Crippen LogP contribution in [0.25, 0.3) is 0 Å². The van der Waals surface area contributed by atoms with Gasteiger partial charge in [0.25, 0.3) is 0 Å². The van der Waals surface area contributed by atoms with E-state index in [1.54, 1.807) is 12.1 Å². The zero-order valence-corrected chi connectivity index (χ0v) is 14.1. The van der Waals surface area contributed by atoms with Crippen LogP contribution >= 0.6 is 0 Å². The molecule has 0 aliphatic rings. The van der Waals surface area contributed by atoms with Gasteiger partial charge >= 0.3 is 5.97 Å². The van der Waals surface area contributed by atoms with E-state index in [0.717, 1.165) is 12.8 Å². The second-order valence-corrected chi connectivity index (χ2v) is 5.76. The molecule has 2 N–H and O–H groups in total. The van der Waals surface area contributed by atoms with Gasteiger partial charge in [-0.2, -0.15) is 0 Å². The molecule has 0 aromatic heterocycles. The maximum atomic E-state index is 11.8. The van der Waals surface area contributed by atoms with Crippen LogP contribution in [-0.2, 0) is 16.0 Å². The molecule has 0 aliphatic heterocycles. The van der Waals surface area contributed by atoms with Crippen LogP contribution in [0.4, 0.5) is 5.69 Å². The largest absolute Gasteiger partial charge is 0.494 e. The van der Waals surface area contributed by atoms with E-state index in [1.165, 1.54) is 5.56 Å². The molecule has 1 amide bonds. The van der Waals surface area contributed by atoms with Crippen LogP contribution in [0.5, 0.6) is 5.75 Å². The minimum atomic E-state index is -0.890. The molecular formula is C20H23NO4. The summed E-state index contributed by atoms with van der Waals surface area (Å²) in [4.78, 5) is 22.2. The summed E-state index contributed by atoms with van der Waals surface area (Å²) in [6.07, 6.45) is 2.39. The lowest BCUT2D eigenvalue weighted by atomic mass is 10.1. The average Bonchev–Trinajstić information content (AvgIpc) is 2.60. The molecule has 5 nitrogen and oxygen atoms in total. The number of rotatable bonds is 10. The lowest BCUT2D eigenvalue weighted by Crippen LogP contribution is -2.12. The van der Waals surface area contributed by atoms with E-state index in [-0.39, 0.29) is 18.7 Å². The molecule has 0 fully saturated rings. The summed E-state index contributed by atoms with van der Waals surface area (Å²) < 4.78 is 5.73. The first kappa shape index (κ1) is 18.5. The highest BCUT2D eigenvalue weighted by Gasteiger charge is 2.05. The summed E-state index contributed by atoms with van der Waals surface area (Å²) >= 11 is 0. The smallest absolute Gasteiger partial charge is 0.303 e. The van der Waals surface area contributed by atoms with E-state index in [2.05, 4.69) is 17.4 Å². The minimum absolute atomic E-state index is 0.00200. The quantitative estimate of drug-likeness (QED) is 0.643. The van der Waals surface area contributed by atoms with Crippen LogP contribution in [0.1, 0.15) is 31.2 Å². The van der Waals surface area contributed by atoms with E-state index >= 15 is 0 Å². The Balaban J connectivity index is 1.72. The third-order valence-electron chi connectivity index (χ3n) is 3.63. The van der Waals surface area contributed by atoms with E-state index in [1.807, 2.05) is 30.3 Å². The number of nitrogens with one attached hydrogen (secondary N) is 1. The molecule has 0 heterocycles. The van der Waals surface area contributed by atoms with Crippen molar-refractivity contribution in [1.29, 1.82) is 0 Å². The number of amides is 1. The number of ether oxygens (including phenoxy) is 1. The van der Waals surface area contributed by atoms with Crippen LogP contribution in [-0.4, -0.2) is 23.6 Å². The van der Waals surface area contributed by atoms with Gasteiger partial charge in [0.15, 0.2) is 0 Å². The van der Waals surface area contributed by atoms with Crippen LogP contribution in [0, 0.1) is 0 Å². The molecule has 2 aromatic carbocycles. The lowest BCUT2D eigenvalue weighted by molar-refractivity contribution is -0.137. The summed E-state index contributed by atoms with van der Waals surface area (Å²) in [5.41, 5.74) is 1.94. The fraction of sp³-hybridized carbons (Fsp3) is 0.300. The second kappa shape index (κ2) is 10.1. The predicted octanol–water partition coefficient (Wildman–Crippen LogP) is 3.89. The predicted molar refractivity (Wildman–Crippen MR) is 96.8 cm³/mol. The van der Waals surface area contributed by atoms with Gasteiger partial charge in [0, 0.05) is 24.6 Å². The van der Waals surface area contributed by atoms with Crippen molar-refractivity contribution in [3.63, 3.8) is 0 Å². The first-order valence-electron chi connectivity index (χ1n) is 8.42. The zero-order chi connectivity index (χ0) is 17.9. The van der Waals surface area contributed by atoms with Gasteiger partial charge < -0.3 is 15.2 Å². The Labute approximate surface area is 147 Å². The molecule has 132 valence electrons. The van der Waals surface area contributed by atoms with Crippen molar-refractivity contribution in [3.8, 4) is 5.75 Å². The molecule has 5 heteroatoms. The van der Waals surface area contributed by atoms with E-state index in [9.17, 15) is 9.59 Å². The van der Waals surface area contributed by atoms with Crippen LogP contribution < -0.4 is 10.1 Å². The van der Waals surface area contributed by atoms with Crippen LogP contribution in [0.2, 0.25) is 0 Å². The third-order valence-corrected chi connectivity index (χ3v) is 3.63. The van der Waals surface area contributed by atoms with Crippen molar-refractivity contribution in [2.75, 3.05) is 11.9 Å². The Morgan fingerprint density at radius 3 is 2.52 bits per heavy atom. The molecule has 0 atom stereocenters. The maximum Gasteiger partial charge on any atom is 0.303 e. The van der Waals surface area contributed by atoms with Crippen molar-refractivity contribution in [2.45, 2.75) is 32.1 Å². The number of carboxylic acid groups (broad SMARTS) is 1. The Morgan fingerprint density at radius 2 is 1.76 bits per heavy atom. The van der Waals surface area contributed by atoms with Gasteiger partial charge in [0.2, 0.25) is 5.91 Å². The maximum absolute atomic E-state index is 11.8. The highest BCUT2D eigenvalue weighted by atomic mass is 16.5. The number of hydrogen-bond donors (Lipinski definition) is 2. The number of anilines is 1. The van der Waals surface area contributed by atoms with Crippen molar-refractivity contribution >= 4 is 17.6 Å². The van der Waals surface area contributed by atoms with Gasteiger partial charge in [0.1, 0.15) is 5.75 Å². The molecule has 0 saturated carbocycles. The summed E-state index contributed by atoms with van der Waals surface area (Å²) in [6, 6.07) is 17.5. The van der Waals surface area contributed by atoms with Crippen molar-refractivity contribution in [3.05, 3.63) is 60.2 Å². The Kier molecular flexibility index (Phi) is 7.50. The van der Waals surface area contributed by atoms with E-state index in [4.69, 9.17) is 9.84 Å². The zero-order valence-electron chi connectivity index (χ0n) is 14.1. The summed E-state index contributed by atoms with van der Waals surface area (Å²) in [5, 5.41) is 11.3. The lowest BCUT2D eigenvalue weighted by Gasteiger charge is -2.09. The van der Waals surface area contributed by atoms with Gasteiger partial charge in [-0.15, -0.1) is 0 Å². The SMILES string of the molecule is O=C(O)CCCC(=O)Nc1cccc(OCCCc2ccccc2)c1. The summed E-state index contributed by atoms with van der Waals surface area (Å²) in [7, 11) is 0. The van der Waals surface area contributed by atoms with Gasteiger partial charge in [-0.25, -0.2) is 0 Å². The molecule has 25 heavy (non-hydrogen) atoms. The minimum Gasteiger partial charge on any atom is -0.494 e. The average molecular weight is 341 g/mol. The van der Waals surface area contributed by atoms with Gasteiger partial charge in [-0.1, -0.05) is 36.4 Å². The van der Waals surface area contributed by atoms with Gasteiger partial charge in [-0.3, -0.25) is 9.59 Å². The number of aliphatic carboxylic acids is 1. The molecule has 0 spiro atoms. The third kappa shape index (κ3) is 7.52. The van der Waals surface area contributed by atoms with Crippen molar-refractivity contribution < 1.29 is 19.4 Å².